The van der Waals surface area contributed by atoms with Crippen molar-refractivity contribution in [3.05, 3.63) is 0 Å². The lowest BCUT2D eigenvalue weighted by Crippen LogP contribution is -2.50. The maximum absolute atomic E-state index is 10.3. The van der Waals surface area contributed by atoms with E-state index in [4.69, 9.17) is 0 Å². The number of hydrogen-bond acceptors (Lipinski definition) is 4. The van der Waals surface area contributed by atoms with E-state index in [9.17, 15) is 19.2 Å². The topological polar surface area (TPSA) is 144 Å². The average Bonchev–Trinajstić information content (AvgIpc) is 1.98. The highest BCUT2D eigenvalue weighted by molar-refractivity contribution is 6.37. The fraction of sp³-hybridized carbons (Fsp3) is 0. The van der Waals surface area contributed by atoms with Crippen molar-refractivity contribution in [1.29, 1.82) is 0 Å². The van der Waals surface area contributed by atoms with E-state index >= 15 is 0 Å². The molecular weight excluding hydrogens is 168 g/mol. The Morgan fingerprint density at radius 1 is 0.750 bits per heavy atom. The van der Waals surface area contributed by atoms with Crippen LogP contribution in [-0.4, -0.2) is 23.6 Å². The Morgan fingerprint density at radius 2 is 1.00 bits per heavy atom. The molecule has 66 valence electrons. The predicted octanol–water partition coefficient (Wildman–Crippen LogP) is -3.90. The summed E-state index contributed by atoms with van der Waals surface area (Å²) >= 11 is 0. The standard InChI is InChI=1S/C4H6N4O4/c5-1(9)3(11)7-8-4(12)2(6)10/h(H2,5,9)(H2,6,10)(H,7,11)(H,8,12). The molecule has 0 aromatic carbocycles. The number of carbonyl (C=O) groups excluding carboxylic acids is 4. The van der Waals surface area contributed by atoms with Crippen LogP contribution in [0, 0.1) is 0 Å². The monoisotopic (exact) mass is 174 g/mol. The van der Waals surface area contributed by atoms with Gasteiger partial charge in [0.15, 0.2) is 0 Å². The van der Waals surface area contributed by atoms with Gasteiger partial charge in [0.05, 0.1) is 0 Å². The largest absolute Gasteiger partial charge is 0.361 e. The smallest absolute Gasteiger partial charge is 0.327 e. The third-order valence-electron chi connectivity index (χ3n) is 0.737. The third kappa shape index (κ3) is 3.15. The molecular formula is C4H6N4O4. The number of rotatable bonds is 0. The summed E-state index contributed by atoms with van der Waals surface area (Å²) in [5, 5.41) is 0. The molecule has 0 bridgehead atoms. The molecule has 0 aliphatic heterocycles. The summed E-state index contributed by atoms with van der Waals surface area (Å²) in [6.45, 7) is 0. The summed E-state index contributed by atoms with van der Waals surface area (Å²) in [6, 6.07) is 0. The van der Waals surface area contributed by atoms with Crippen LogP contribution in [-0.2, 0) is 19.2 Å². The van der Waals surface area contributed by atoms with Gasteiger partial charge in [-0.2, -0.15) is 0 Å². The van der Waals surface area contributed by atoms with Gasteiger partial charge in [-0.25, -0.2) is 0 Å². The molecule has 0 aliphatic rings. The summed E-state index contributed by atoms with van der Waals surface area (Å²) in [5.41, 5.74) is 12.1. The highest BCUT2D eigenvalue weighted by atomic mass is 16.2. The quantitative estimate of drug-likeness (QED) is 0.219. The fourth-order valence-corrected chi connectivity index (χ4v) is 0.237. The van der Waals surface area contributed by atoms with E-state index in [-0.39, 0.29) is 0 Å². The van der Waals surface area contributed by atoms with Crippen LogP contribution in [0.4, 0.5) is 0 Å². The van der Waals surface area contributed by atoms with Crippen LogP contribution in [0.2, 0.25) is 0 Å². The van der Waals surface area contributed by atoms with Gasteiger partial charge in [0.25, 0.3) is 0 Å². The van der Waals surface area contributed by atoms with E-state index in [2.05, 4.69) is 11.5 Å². The number of hydrazine groups is 1. The minimum Gasteiger partial charge on any atom is -0.361 e. The number of primary amides is 2. The summed E-state index contributed by atoms with van der Waals surface area (Å²) in [4.78, 5) is 40.7. The first-order valence-corrected chi connectivity index (χ1v) is 2.64. The van der Waals surface area contributed by atoms with E-state index in [0.29, 0.717) is 0 Å². The second-order valence-electron chi connectivity index (χ2n) is 1.64. The molecule has 0 atom stereocenters. The molecule has 0 radical (unpaired) electrons. The third-order valence-corrected chi connectivity index (χ3v) is 0.737. The number of nitrogens with one attached hydrogen (secondary N) is 2. The Bertz CT molecular complexity index is 221. The van der Waals surface area contributed by atoms with E-state index < -0.39 is 23.6 Å². The zero-order chi connectivity index (χ0) is 9.72. The van der Waals surface area contributed by atoms with Crippen LogP contribution in [0.1, 0.15) is 0 Å². The number of carbonyl (C=O) groups is 4. The second-order valence-corrected chi connectivity index (χ2v) is 1.64. The normalized spacial score (nSPS) is 8.33. The lowest BCUT2D eigenvalue weighted by atomic mass is 10.6. The first kappa shape index (κ1) is 9.88. The van der Waals surface area contributed by atoms with Crippen molar-refractivity contribution in [2.45, 2.75) is 0 Å². The number of hydrogen-bond donors (Lipinski definition) is 4. The van der Waals surface area contributed by atoms with Gasteiger partial charge in [-0.05, 0) is 0 Å². The molecule has 12 heavy (non-hydrogen) atoms. The molecule has 4 amide bonds. The second kappa shape index (κ2) is 3.91. The molecule has 8 nitrogen and oxygen atoms in total. The lowest BCUT2D eigenvalue weighted by molar-refractivity contribution is -0.142. The van der Waals surface area contributed by atoms with E-state index in [1.54, 1.807) is 10.9 Å². The summed E-state index contributed by atoms with van der Waals surface area (Å²) in [7, 11) is 0. The first-order valence-electron chi connectivity index (χ1n) is 2.64. The molecule has 0 aromatic rings. The number of nitrogens with two attached hydrogens (primary N) is 2. The summed E-state index contributed by atoms with van der Waals surface area (Å²) < 4.78 is 0. The van der Waals surface area contributed by atoms with E-state index in [1.807, 2.05) is 0 Å². The van der Waals surface area contributed by atoms with Crippen LogP contribution < -0.4 is 22.3 Å². The molecule has 0 aliphatic carbocycles. The minimum absolute atomic E-state index is 1.25. The molecule has 0 rings (SSSR count). The fourth-order valence-electron chi connectivity index (χ4n) is 0.237. The van der Waals surface area contributed by atoms with Gasteiger partial charge in [0, 0.05) is 0 Å². The molecule has 0 saturated carbocycles. The zero-order valence-electron chi connectivity index (χ0n) is 5.79. The lowest BCUT2D eigenvalue weighted by Gasteiger charge is -2.00. The summed E-state index contributed by atoms with van der Waals surface area (Å²) in [6.07, 6.45) is 0. The Kier molecular flexibility index (Phi) is 3.22. The highest BCUT2D eigenvalue weighted by Crippen LogP contribution is 1.61. The van der Waals surface area contributed by atoms with Crippen LogP contribution in [0.5, 0.6) is 0 Å². The van der Waals surface area contributed by atoms with Gasteiger partial charge in [-0.3, -0.25) is 30.0 Å². The predicted molar refractivity (Wildman–Crippen MR) is 34.7 cm³/mol. The molecule has 0 heterocycles. The maximum Gasteiger partial charge on any atom is 0.327 e. The molecule has 8 heteroatoms. The first-order chi connectivity index (χ1) is 5.45. The van der Waals surface area contributed by atoms with Gasteiger partial charge in [-0.15, -0.1) is 0 Å². The Hall–Kier alpha value is -2.12. The average molecular weight is 174 g/mol. The maximum atomic E-state index is 10.3. The zero-order valence-corrected chi connectivity index (χ0v) is 5.79. The van der Waals surface area contributed by atoms with Crippen molar-refractivity contribution in [2.75, 3.05) is 0 Å². The number of amides is 4. The van der Waals surface area contributed by atoms with Crippen LogP contribution in [0.25, 0.3) is 0 Å². The van der Waals surface area contributed by atoms with Crippen molar-refractivity contribution in [3.8, 4) is 0 Å². The van der Waals surface area contributed by atoms with Gasteiger partial charge in [0.1, 0.15) is 0 Å². The van der Waals surface area contributed by atoms with Gasteiger partial charge in [0.2, 0.25) is 0 Å². The molecule has 0 unspecified atom stereocenters. The van der Waals surface area contributed by atoms with Crippen LogP contribution >= 0.6 is 0 Å². The van der Waals surface area contributed by atoms with Crippen molar-refractivity contribution < 1.29 is 19.2 Å². The molecule has 0 saturated heterocycles. The van der Waals surface area contributed by atoms with Crippen molar-refractivity contribution in [3.63, 3.8) is 0 Å². The van der Waals surface area contributed by atoms with Crippen molar-refractivity contribution >= 4 is 23.6 Å². The SMILES string of the molecule is NC(=O)C(=O)NNC(=O)C(N)=O. The Morgan fingerprint density at radius 3 is 1.17 bits per heavy atom. The van der Waals surface area contributed by atoms with Gasteiger partial charge < -0.3 is 11.5 Å². The van der Waals surface area contributed by atoms with Crippen LogP contribution in [0.15, 0.2) is 0 Å². The molecule has 0 fully saturated rings. The Balaban J connectivity index is 3.85. The Labute approximate surface area is 66.2 Å². The summed E-state index contributed by atoms with van der Waals surface area (Å²) in [5.74, 6) is -5.08. The van der Waals surface area contributed by atoms with Gasteiger partial charge >= 0.3 is 23.6 Å². The van der Waals surface area contributed by atoms with Gasteiger partial charge in [-0.1, -0.05) is 0 Å². The highest BCUT2D eigenvalue weighted by Gasteiger charge is 2.12. The van der Waals surface area contributed by atoms with E-state index in [1.165, 1.54) is 0 Å². The minimum atomic E-state index is -1.29. The van der Waals surface area contributed by atoms with E-state index in [0.717, 1.165) is 0 Å². The van der Waals surface area contributed by atoms with Crippen molar-refractivity contribution in [1.82, 2.24) is 10.9 Å². The molecule has 0 aromatic heterocycles. The molecule has 6 N–H and O–H groups in total. The van der Waals surface area contributed by atoms with Crippen LogP contribution in [0.3, 0.4) is 0 Å². The van der Waals surface area contributed by atoms with Crippen molar-refractivity contribution in [2.24, 2.45) is 11.5 Å². The molecule has 0 spiro atoms.